The number of rotatable bonds is 3. The summed E-state index contributed by atoms with van der Waals surface area (Å²) in [5.41, 5.74) is 0.744. The van der Waals surface area contributed by atoms with Crippen LogP contribution in [0.15, 0.2) is 24.3 Å². The lowest BCUT2D eigenvalue weighted by atomic mass is 10.1. The number of methoxy groups -OCH3 is 1. The molecule has 1 unspecified atom stereocenters. The molecule has 0 N–H and O–H groups in total. The molecular weight excluding hydrogens is 238 g/mol. The smallest absolute Gasteiger partial charge is 0.245 e. The Hall–Kier alpha value is -1.22. The number of amides is 1. The number of benzene rings is 1. The molecule has 1 aromatic rings. The zero-order valence-corrected chi connectivity index (χ0v) is 10.6. The molecule has 92 valence electrons. The maximum absolute atomic E-state index is 12.2. The van der Waals surface area contributed by atoms with Crippen LogP contribution in [0.1, 0.15) is 23.8 Å². The van der Waals surface area contributed by atoms with Crippen LogP contribution >= 0.6 is 11.6 Å². The summed E-state index contributed by atoms with van der Waals surface area (Å²) in [6.45, 7) is 1.63. The van der Waals surface area contributed by atoms with Crippen LogP contribution in [0.4, 0.5) is 0 Å². The van der Waals surface area contributed by atoms with Crippen LogP contribution in [0.5, 0.6) is 5.75 Å². The van der Waals surface area contributed by atoms with E-state index in [4.69, 9.17) is 16.3 Å². The first kappa shape index (κ1) is 12.2. The van der Waals surface area contributed by atoms with Crippen LogP contribution in [-0.4, -0.2) is 31.0 Å². The van der Waals surface area contributed by atoms with Gasteiger partial charge in [0, 0.05) is 18.7 Å². The first-order chi connectivity index (χ1) is 8.24. The third-order valence-electron chi connectivity index (χ3n) is 3.05. The first-order valence-electron chi connectivity index (χ1n) is 5.80. The summed E-state index contributed by atoms with van der Waals surface area (Å²) >= 11 is 6.25. The standard InChI is InChI=1S/C13H16ClNO2/c1-17-11-7-3-2-6-10(11)12(14)13(16)15-8-4-5-9-15/h2-3,6-7,12H,4-5,8-9H2,1H3. The van der Waals surface area contributed by atoms with Crippen LogP contribution in [0, 0.1) is 0 Å². The summed E-state index contributed by atoms with van der Waals surface area (Å²) in [5.74, 6) is 0.647. The van der Waals surface area contributed by atoms with Crippen molar-refractivity contribution < 1.29 is 9.53 Å². The van der Waals surface area contributed by atoms with E-state index in [2.05, 4.69) is 0 Å². The number of alkyl halides is 1. The average Bonchev–Trinajstić information content (AvgIpc) is 2.90. The topological polar surface area (TPSA) is 29.5 Å². The highest BCUT2D eigenvalue weighted by atomic mass is 35.5. The average molecular weight is 254 g/mol. The largest absolute Gasteiger partial charge is 0.496 e. The van der Waals surface area contributed by atoms with Crippen molar-refractivity contribution in [3.63, 3.8) is 0 Å². The number of para-hydroxylation sites is 1. The van der Waals surface area contributed by atoms with Gasteiger partial charge in [0.1, 0.15) is 11.1 Å². The van der Waals surface area contributed by atoms with Gasteiger partial charge in [-0.2, -0.15) is 0 Å². The molecule has 1 aliphatic rings. The van der Waals surface area contributed by atoms with Gasteiger partial charge in [0.15, 0.2) is 0 Å². The van der Waals surface area contributed by atoms with Crippen molar-refractivity contribution in [1.29, 1.82) is 0 Å². The normalized spacial score (nSPS) is 16.9. The van der Waals surface area contributed by atoms with Gasteiger partial charge in [0.25, 0.3) is 0 Å². The highest BCUT2D eigenvalue weighted by Crippen LogP contribution is 2.31. The Morgan fingerprint density at radius 3 is 2.65 bits per heavy atom. The molecule has 3 nitrogen and oxygen atoms in total. The Labute approximate surface area is 106 Å². The van der Waals surface area contributed by atoms with Gasteiger partial charge in [-0.1, -0.05) is 18.2 Å². The quantitative estimate of drug-likeness (QED) is 0.775. The number of nitrogens with zero attached hydrogens (tertiary/aromatic N) is 1. The molecule has 0 bridgehead atoms. The molecule has 1 amide bonds. The number of halogens is 1. The van der Waals surface area contributed by atoms with E-state index >= 15 is 0 Å². The minimum absolute atomic E-state index is 0.0198. The summed E-state index contributed by atoms with van der Waals surface area (Å²) in [6.07, 6.45) is 2.14. The van der Waals surface area contributed by atoms with E-state index < -0.39 is 5.38 Å². The van der Waals surface area contributed by atoms with E-state index in [9.17, 15) is 4.79 Å². The van der Waals surface area contributed by atoms with Crippen LogP contribution in [-0.2, 0) is 4.79 Å². The van der Waals surface area contributed by atoms with Crippen LogP contribution < -0.4 is 4.74 Å². The van der Waals surface area contributed by atoms with Gasteiger partial charge in [0.2, 0.25) is 5.91 Å². The maximum Gasteiger partial charge on any atom is 0.245 e. The molecule has 4 heteroatoms. The maximum atomic E-state index is 12.2. The first-order valence-corrected chi connectivity index (χ1v) is 6.23. The molecule has 2 rings (SSSR count). The second-order valence-corrected chi connectivity index (χ2v) is 4.57. The van der Waals surface area contributed by atoms with Crippen molar-refractivity contribution in [2.75, 3.05) is 20.2 Å². The Bertz CT molecular complexity index is 402. The van der Waals surface area contributed by atoms with Gasteiger partial charge in [-0.25, -0.2) is 0 Å². The molecule has 1 saturated heterocycles. The van der Waals surface area contributed by atoms with Gasteiger partial charge < -0.3 is 9.64 Å². The summed E-state index contributed by atoms with van der Waals surface area (Å²) in [4.78, 5) is 14.0. The SMILES string of the molecule is COc1ccccc1C(Cl)C(=O)N1CCCC1. The van der Waals surface area contributed by atoms with Gasteiger partial charge >= 0.3 is 0 Å². The number of ether oxygens (including phenoxy) is 1. The van der Waals surface area contributed by atoms with E-state index in [0.29, 0.717) is 5.75 Å². The molecule has 0 aromatic heterocycles. The van der Waals surface area contributed by atoms with Gasteiger partial charge in [-0.15, -0.1) is 11.6 Å². The Morgan fingerprint density at radius 2 is 2.00 bits per heavy atom. The molecule has 1 aromatic carbocycles. The van der Waals surface area contributed by atoms with Gasteiger partial charge in [-0.05, 0) is 18.9 Å². The zero-order valence-electron chi connectivity index (χ0n) is 9.86. The summed E-state index contributed by atoms with van der Waals surface area (Å²) in [5, 5.41) is -0.649. The molecule has 1 atom stereocenters. The van der Waals surface area contributed by atoms with Crippen LogP contribution in [0.3, 0.4) is 0 Å². The van der Waals surface area contributed by atoms with Gasteiger partial charge in [0.05, 0.1) is 7.11 Å². The molecular formula is C13H16ClNO2. The fraction of sp³-hybridized carbons (Fsp3) is 0.462. The third-order valence-corrected chi connectivity index (χ3v) is 3.47. The van der Waals surface area contributed by atoms with Crippen molar-refractivity contribution >= 4 is 17.5 Å². The third kappa shape index (κ3) is 2.55. The second-order valence-electron chi connectivity index (χ2n) is 4.14. The van der Waals surface area contributed by atoms with E-state index in [-0.39, 0.29) is 5.91 Å². The lowest BCUT2D eigenvalue weighted by molar-refractivity contribution is -0.129. The fourth-order valence-electron chi connectivity index (χ4n) is 2.11. The van der Waals surface area contributed by atoms with E-state index in [1.165, 1.54) is 0 Å². The Kier molecular flexibility index (Phi) is 3.89. The van der Waals surface area contributed by atoms with Crippen LogP contribution in [0.2, 0.25) is 0 Å². The fourth-order valence-corrected chi connectivity index (χ4v) is 2.42. The zero-order chi connectivity index (χ0) is 12.3. The molecule has 1 heterocycles. The van der Waals surface area contributed by atoms with Crippen molar-refractivity contribution in [2.45, 2.75) is 18.2 Å². The number of likely N-dealkylation sites (tertiary alicyclic amines) is 1. The van der Waals surface area contributed by atoms with Crippen LogP contribution in [0.25, 0.3) is 0 Å². The van der Waals surface area contributed by atoms with Gasteiger partial charge in [-0.3, -0.25) is 4.79 Å². The highest BCUT2D eigenvalue weighted by molar-refractivity contribution is 6.31. The second kappa shape index (κ2) is 5.41. The molecule has 0 radical (unpaired) electrons. The minimum atomic E-state index is -0.649. The summed E-state index contributed by atoms with van der Waals surface area (Å²) < 4.78 is 5.22. The van der Waals surface area contributed by atoms with E-state index in [1.54, 1.807) is 7.11 Å². The van der Waals surface area contributed by atoms with Crippen molar-refractivity contribution in [3.8, 4) is 5.75 Å². The molecule has 0 saturated carbocycles. The highest BCUT2D eigenvalue weighted by Gasteiger charge is 2.27. The molecule has 17 heavy (non-hydrogen) atoms. The van der Waals surface area contributed by atoms with E-state index in [1.807, 2.05) is 29.2 Å². The molecule has 1 fully saturated rings. The minimum Gasteiger partial charge on any atom is -0.496 e. The van der Waals surface area contributed by atoms with Crippen molar-refractivity contribution in [1.82, 2.24) is 4.90 Å². The van der Waals surface area contributed by atoms with Crippen molar-refractivity contribution in [2.24, 2.45) is 0 Å². The number of carbonyl (C=O) groups excluding carboxylic acids is 1. The number of hydrogen-bond acceptors (Lipinski definition) is 2. The Morgan fingerprint density at radius 1 is 1.35 bits per heavy atom. The van der Waals surface area contributed by atoms with Crippen molar-refractivity contribution in [3.05, 3.63) is 29.8 Å². The summed E-state index contributed by atoms with van der Waals surface area (Å²) in [6, 6.07) is 7.39. The van der Waals surface area contributed by atoms with E-state index in [0.717, 1.165) is 31.5 Å². The lowest BCUT2D eigenvalue weighted by Gasteiger charge is -2.20. The lowest BCUT2D eigenvalue weighted by Crippen LogP contribution is -2.30. The Balaban J connectivity index is 2.17. The summed E-state index contributed by atoms with van der Waals surface area (Å²) in [7, 11) is 1.59. The number of hydrogen-bond donors (Lipinski definition) is 0. The molecule has 1 aliphatic heterocycles. The molecule has 0 aliphatic carbocycles. The number of carbonyl (C=O) groups is 1. The predicted octanol–water partition coefficient (Wildman–Crippen LogP) is 2.60. The monoisotopic (exact) mass is 253 g/mol. The predicted molar refractivity (Wildman–Crippen MR) is 67.4 cm³/mol. The molecule has 0 spiro atoms.